The molecule has 11 N–H and O–H groups in total. The smallest absolute Gasteiger partial charge is 0.187 e. The van der Waals surface area contributed by atoms with E-state index < -0.39 is 112 Å². The fraction of sp³-hybridized carbons (Fsp3) is 1.00. The Morgan fingerprint density at radius 2 is 0.971 bits per heavy atom. The summed E-state index contributed by atoms with van der Waals surface area (Å²) in [6, 6.07) is 0. The van der Waals surface area contributed by atoms with E-state index in [1.165, 1.54) is 0 Å². The molecular weight excluding hydrogens is 472 g/mol. The molecule has 0 saturated carbocycles. The molecule has 16 nitrogen and oxygen atoms in total. The van der Waals surface area contributed by atoms with Crippen LogP contribution in [0.2, 0.25) is 0 Å². The van der Waals surface area contributed by atoms with Crippen molar-refractivity contribution in [1.29, 1.82) is 0 Å². The molecule has 34 heavy (non-hydrogen) atoms. The summed E-state index contributed by atoms with van der Waals surface area (Å²) in [7, 11) is 0. The quantitative estimate of drug-likeness (QED) is 0.154. The molecule has 3 heterocycles. The number of ether oxygens (including phenoxy) is 5. The Morgan fingerprint density at radius 3 is 1.56 bits per heavy atom. The van der Waals surface area contributed by atoms with Crippen molar-refractivity contribution in [2.24, 2.45) is 0 Å². The van der Waals surface area contributed by atoms with Gasteiger partial charge in [0.1, 0.15) is 73.2 Å². The van der Waals surface area contributed by atoms with Crippen LogP contribution in [0.5, 0.6) is 0 Å². The first kappa shape index (κ1) is 27.9. The molecular formula is C18H32O16. The molecule has 0 aromatic rings. The third-order valence-electron chi connectivity index (χ3n) is 6.08. The first-order valence-electron chi connectivity index (χ1n) is 10.6. The molecule has 0 radical (unpaired) electrons. The van der Waals surface area contributed by atoms with E-state index in [1.54, 1.807) is 0 Å². The Bertz CT molecular complexity index is 639. The Kier molecular flexibility index (Phi) is 9.54. The van der Waals surface area contributed by atoms with E-state index in [4.69, 9.17) is 28.8 Å². The zero-order chi connectivity index (χ0) is 25.3. The van der Waals surface area contributed by atoms with E-state index in [-0.39, 0.29) is 0 Å². The average Bonchev–Trinajstić information content (AvgIpc) is 2.82. The minimum Gasteiger partial charge on any atom is -0.394 e. The van der Waals surface area contributed by atoms with Gasteiger partial charge < -0.3 is 79.9 Å². The van der Waals surface area contributed by atoms with Crippen molar-refractivity contribution >= 4 is 0 Å². The number of hydrogen-bond acceptors (Lipinski definition) is 16. The summed E-state index contributed by atoms with van der Waals surface area (Å²) >= 11 is 0. The molecule has 0 bridgehead atoms. The largest absolute Gasteiger partial charge is 0.394 e. The fourth-order valence-electron chi connectivity index (χ4n) is 3.94. The van der Waals surface area contributed by atoms with Gasteiger partial charge in [-0.1, -0.05) is 0 Å². The highest BCUT2D eigenvalue weighted by Gasteiger charge is 2.51. The lowest BCUT2D eigenvalue weighted by Gasteiger charge is -2.45. The van der Waals surface area contributed by atoms with Crippen LogP contribution in [0.1, 0.15) is 0 Å². The number of aliphatic hydroxyl groups is 11. The van der Waals surface area contributed by atoms with E-state index in [9.17, 15) is 51.1 Å². The maximum Gasteiger partial charge on any atom is 0.187 e. The van der Waals surface area contributed by atoms with Crippen molar-refractivity contribution in [2.75, 3.05) is 19.8 Å². The van der Waals surface area contributed by atoms with Gasteiger partial charge in [0.05, 0.1) is 19.8 Å². The van der Waals surface area contributed by atoms with Crippen LogP contribution in [0.15, 0.2) is 0 Å². The van der Waals surface area contributed by atoms with Crippen molar-refractivity contribution in [1.82, 2.24) is 0 Å². The molecule has 1 unspecified atom stereocenters. The van der Waals surface area contributed by atoms with Crippen molar-refractivity contribution < 1.29 is 79.9 Å². The highest BCUT2D eigenvalue weighted by Crippen LogP contribution is 2.29. The SMILES string of the molecule is OC[C@H]1O[C@@H](OC[C@H]2O[C@H](O[C@H]3C(O)O[C@H](CO)[C@@H](O)[C@@H]3O)[C@H](O)[C@@H](O)[C@@H]2O)[C@H](O)[C@@H](O)[C@@H]1O. The lowest BCUT2D eigenvalue weighted by Crippen LogP contribution is -2.64. The Hall–Kier alpha value is -0.640. The highest BCUT2D eigenvalue weighted by atomic mass is 16.7. The number of hydrogen-bond donors (Lipinski definition) is 11. The zero-order valence-electron chi connectivity index (χ0n) is 17.7. The minimum atomic E-state index is -1.88. The molecule has 3 aliphatic heterocycles. The Labute approximate surface area is 192 Å². The number of rotatable bonds is 7. The van der Waals surface area contributed by atoms with Crippen LogP contribution in [-0.4, -0.2) is 168 Å². The van der Waals surface area contributed by atoms with Gasteiger partial charge in [-0.15, -0.1) is 0 Å². The monoisotopic (exact) mass is 504 g/mol. The molecule has 16 heteroatoms. The second-order valence-electron chi connectivity index (χ2n) is 8.37. The summed E-state index contributed by atoms with van der Waals surface area (Å²) in [5, 5.41) is 109. The molecule has 0 aliphatic carbocycles. The van der Waals surface area contributed by atoms with E-state index in [1.807, 2.05) is 0 Å². The molecule has 3 fully saturated rings. The van der Waals surface area contributed by atoms with Gasteiger partial charge in [-0.25, -0.2) is 0 Å². The molecule has 3 saturated heterocycles. The van der Waals surface area contributed by atoms with Crippen LogP contribution in [0.4, 0.5) is 0 Å². The number of aliphatic hydroxyl groups excluding tert-OH is 11. The summed E-state index contributed by atoms with van der Waals surface area (Å²) in [6.45, 7) is -2.03. The molecule has 3 aliphatic rings. The zero-order valence-corrected chi connectivity index (χ0v) is 17.7. The maximum absolute atomic E-state index is 10.2. The van der Waals surface area contributed by atoms with Crippen LogP contribution in [0, 0.1) is 0 Å². The van der Waals surface area contributed by atoms with Crippen molar-refractivity contribution in [3.8, 4) is 0 Å². The van der Waals surface area contributed by atoms with Gasteiger partial charge in [0, 0.05) is 0 Å². The van der Waals surface area contributed by atoms with E-state index >= 15 is 0 Å². The van der Waals surface area contributed by atoms with Gasteiger partial charge in [0.2, 0.25) is 0 Å². The van der Waals surface area contributed by atoms with Crippen LogP contribution in [0.25, 0.3) is 0 Å². The molecule has 200 valence electrons. The average molecular weight is 504 g/mol. The summed E-state index contributed by atoms with van der Waals surface area (Å²) < 4.78 is 26.1. The van der Waals surface area contributed by atoms with Crippen molar-refractivity contribution in [3.63, 3.8) is 0 Å². The lowest BCUT2D eigenvalue weighted by atomic mass is 9.97. The molecule has 3 rings (SSSR count). The molecule has 0 amide bonds. The molecule has 0 aromatic carbocycles. The highest BCUT2D eigenvalue weighted by molar-refractivity contribution is 4.94. The summed E-state index contributed by atoms with van der Waals surface area (Å²) in [6.07, 6.45) is -25.0. The van der Waals surface area contributed by atoms with Gasteiger partial charge in [-0.05, 0) is 0 Å². The summed E-state index contributed by atoms with van der Waals surface area (Å²) in [4.78, 5) is 0. The van der Waals surface area contributed by atoms with E-state index in [2.05, 4.69) is 0 Å². The predicted molar refractivity (Wildman–Crippen MR) is 101 cm³/mol. The topological polar surface area (TPSA) is 269 Å². The van der Waals surface area contributed by atoms with Gasteiger partial charge >= 0.3 is 0 Å². The van der Waals surface area contributed by atoms with Gasteiger partial charge in [0.25, 0.3) is 0 Å². The van der Waals surface area contributed by atoms with Crippen molar-refractivity contribution in [2.45, 2.75) is 92.1 Å². The summed E-state index contributed by atoms with van der Waals surface area (Å²) in [5.74, 6) is 0. The van der Waals surface area contributed by atoms with Gasteiger partial charge in [-0.2, -0.15) is 0 Å². The van der Waals surface area contributed by atoms with E-state index in [0.29, 0.717) is 0 Å². The van der Waals surface area contributed by atoms with Crippen LogP contribution >= 0.6 is 0 Å². The van der Waals surface area contributed by atoms with Gasteiger partial charge in [0.15, 0.2) is 18.9 Å². The minimum absolute atomic E-state index is 0.616. The normalized spacial score (nSPS) is 52.5. The second-order valence-corrected chi connectivity index (χ2v) is 8.37. The standard InChI is InChI=1S/C18H32O16/c19-1-4-8(22)12(26)15(16(29)31-4)34-18-14(28)11(25)9(23)6(33-18)3-30-17-13(27)10(24)7(21)5(2-20)32-17/h4-29H,1-3H2/t4-,5-,6-,7-,8-,9-,10+,11+,12+,13-,14-,15-,16?,17-,18-/m1/s1. The first-order chi connectivity index (χ1) is 16.0. The van der Waals surface area contributed by atoms with Crippen LogP contribution < -0.4 is 0 Å². The predicted octanol–water partition coefficient (Wildman–Crippen LogP) is -7.57. The third kappa shape index (κ3) is 5.52. The van der Waals surface area contributed by atoms with Crippen LogP contribution in [-0.2, 0) is 23.7 Å². The maximum atomic E-state index is 10.2. The lowest BCUT2D eigenvalue weighted by molar-refractivity contribution is -0.367. The van der Waals surface area contributed by atoms with Gasteiger partial charge in [-0.3, -0.25) is 0 Å². The Balaban J connectivity index is 1.64. The fourth-order valence-corrected chi connectivity index (χ4v) is 3.94. The van der Waals surface area contributed by atoms with Crippen molar-refractivity contribution in [3.05, 3.63) is 0 Å². The second kappa shape index (κ2) is 11.6. The third-order valence-corrected chi connectivity index (χ3v) is 6.08. The Morgan fingerprint density at radius 1 is 0.500 bits per heavy atom. The first-order valence-corrected chi connectivity index (χ1v) is 10.6. The van der Waals surface area contributed by atoms with E-state index in [0.717, 1.165) is 0 Å². The van der Waals surface area contributed by atoms with Crippen LogP contribution in [0.3, 0.4) is 0 Å². The molecule has 0 spiro atoms. The summed E-state index contributed by atoms with van der Waals surface area (Å²) in [5.41, 5.74) is 0. The molecule has 15 atom stereocenters. The molecule has 0 aromatic heterocycles.